The first-order valence-electron chi connectivity index (χ1n) is 7.54. The molecule has 1 fully saturated rings. The van der Waals surface area contributed by atoms with Gasteiger partial charge in [0.05, 0.1) is 0 Å². The van der Waals surface area contributed by atoms with Crippen LogP contribution < -0.4 is 5.32 Å². The first kappa shape index (κ1) is 14.3. The normalized spacial score (nSPS) is 18.2. The van der Waals surface area contributed by atoms with Gasteiger partial charge in [-0.15, -0.1) is 0 Å². The summed E-state index contributed by atoms with van der Waals surface area (Å²) in [6.07, 6.45) is 4.27. The van der Waals surface area contributed by atoms with Crippen LogP contribution in [-0.4, -0.2) is 18.9 Å². The van der Waals surface area contributed by atoms with Crippen molar-refractivity contribution in [1.82, 2.24) is 5.32 Å². The van der Waals surface area contributed by atoms with Crippen LogP contribution in [0.15, 0.2) is 24.3 Å². The Bertz CT molecular complexity index is 404. The highest BCUT2D eigenvalue weighted by atomic mass is 16.1. The Kier molecular flexibility index (Phi) is 5.15. The minimum absolute atomic E-state index is 0.224. The Balaban J connectivity index is 1.99. The third-order valence-corrected chi connectivity index (χ3v) is 4.23. The van der Waals surface area contributed by atoms with E-state index in [0.29, 0.717) is 11.7 Å². The maximum atomic E-state index is 12.4. The lowest BCUT2D eigenvalue weighted by atomic mass is 9.89. The van der Waals surface area contributed by atoms with E-state index in [2.05, 4.69) is 31.3 Å². The topological polar surface area (TPSA) is 29.1 Å². The lowest BCUT2D eigenvalue weighted by molar-refractivity contribution is 0.0895. The predicted octanol–water partition coefficient (Wildman–Crippen LogP) is 3.46. The van der Waals surface area contributed by atoms with Crippen molar-refractivity contribution in [1.29, 1.82) is 0 Å². The van der Waals surface area contributed by atoms with Gasteiger partial charge in [0.25, 0.3) is 0 Å². The highest BCUT2D eigenvalue weighted by molar-refractivity contribution is 5.97. The molecule has 0 radical (unpaired) electrons. The number of benzene rings is 1. The van der Waals surface area contributed by atoms with Crippen molar-refractivity contribution in [2.75, 3.05) is 13.1 Å². The SMILES string of the molecule is CCC(C)Cc1ccc(C(=O)C2CCNCC2)cc1. The Hall–Kier alpha value is -1.15. The summed E-state index contributed by atoms with van der Waals surface area (Å²) in [5.41, 5.74) is 2.23. The van der Waals surface area contributed by atoms with E-state index in [-0.39, 0.29) is 5.92 Å². The molecule has 0 aliphatic carbocycles. The lowest BCUT2D eigenvalue weighted by Crippen LogP contribution is -2.31. The molecule has 1 aliphatic heterocycles. The minimum atomic E-state index is 0.224. The number of Topliss-reactive ketones (excluding diaryl/α,β-unsaturated/α-hetero) is 1. The smallest absolute Gasteiger partial charge is 0.166 e. The number of rotatable bonds is 5. The molecular formula is C17H25NO. The van der Waals surface area contributed by atoms with Gasteiger partial charge in [0, 0.05) is 11.5 Å². The van der Waals surface area contributed by atoms with Crippen LogP contribution in [0, 0.1) is 11.8 Å². The summed E-state index contributed by atoms with van der Waals surface area (Å²) in [6.45, 7) is 6.44. The molecule has 0 bridgehead atoms. The van der Waals surface area contributed by atoms with E-state index in [0.717, 1.165) is 37.9 Å². The number of carbonyl (C=O) groups excluding carboxylic acids is 1. The van der Waals surface area contributed by atoms with E-state index in [4.69, 9.17) is 0 Å². The van der Waals surface area contributed by atoms with E-state index in [1.165, 1.54) is 12.0 Å². The van der Waals surface area contributed by atoms with Crippen LogP contribution in [0.3, 0.4) is 0 Å². The van der Waals surface area contributed by atoms with E-state index >= 15 is 0 Å². The summed E-state index contributed by atoms with van der Waals surface area (Å²) in [4.78, 5) is 12.4. The number of nitrogens with one attached hydrogen (secondary N) is 1. The standard InChI is InChI=1S/C17H25NO/c1-3-13(2)12-14-4-6-15(7-5-14)17(19)16-8-10-18-11-9-16/h4-7,13,16,18H,3,8-12H2,1-2H3. The molecule has 2 nitrogen and oxygen atoms in total. The average molecular weight is 259 g/mol. The monoisotopic (exact) mass is 259 g/mol. The minimum Gasteiger partial charge on any atom is -0.317 e. The van der Waals surface area contributed by atoms with E-state index < -0.39 is 0 Å². The Morgan fingerprint density at radius 2 is 1.89 bits per heavy atom. The predicted molar refractivity (Wildman–Crippen MR) is 79.5 cm³/mol. The molecule has 1 aliphatic rings. The third-order valence-electron chi connectivity index (χ3n) is 4.23. The summed E-state index contributed by atoms with van der Waals surface area (Å²) in [7, 11) is 0. The molecule has 1 N–H and O–H groups in total. The first-order chi connectivity index (χ1) is 9.20. The first-order valence-corrected chi connectivity index (χ1v) is 7.54. The molecule has 1 saturated heterocycles. The number of hydrogen-bond donors (Lipinski definition) is 1. The number of hydrogen-bond acceptors (Lipinski definition) is 2. The van der Waals surface area contributed by atoms with Gasteiger partial charge in [0.15, 0.2) is 5.78 Å². The molecule has 19 heavy (non-hydrogen) atoms. The zero-order chi connectivity index (χ0) is 13.7. The van der Waals surface area contributed by atoms with Crippen molar-refractivity contribution in [3.05, 3.63) is 35.4 Å². The van der Waals surface area contributed by atoms with Gasteiger partial charge in [-0.1, -0.05) is 44.5 Å². The van der Waals surface area contributed by atoms with Crippen LogP contribution in [0.4, 0.5) is 0 Å². The fourth-order valence-electron chi connectivity index (χ4n) is 2.67. The molecule has 2 heteroatoms. The van der Waals surface area contributed by atoms with Crippen LogP contribution in [0.1, 0.15) is 49.0 Å². The molecular weight excluding hydrogens is 234 g/mol. The summed E-state index contributed by atoms with van der Waals surface area (Å²) >= 11 is 0. The molecule has 0 aromatic heterocycles. The second-order valence-electron chi connectivity index (χ2n) is 5.80. The largest absolute Gasteiger partial charge is 0.317 e. The van der Waals surface area contributed by atoms with Crippen molar-refractivity contribution < 1.29 is 4.79 Å². The molecule has 0 saturated carbocycles. The Labute approximate surface area is 116 Å². The van der Waals surface area contributed by atoms with E-state index in [9.17, 15) is 4.79 Å². The number of carbonyl (C=O) groups is 1. The molecule has 1 heterocycles. The molecule has 0 spiro atoms. The van der Waals surface area contributed by atoms with Crippen LogP contribution in [0.5, 0.6) is 0 Å². The van der Waals surface area contributed by atoms with Gasteiger partial charge in [-0.05, 0) is 43.8 Å². The van der Waals surface area contributed by atoms with Crippen molar-refractivity contribution in [2.45, 2.75) is 39.5 Å². The van der Waals surface area contributed by atoms with Crippen LogP contribution in [0.25, 0.3) is 0 Å². The fourth-order valence-corrected chi connectivity index (χ4v) is 2.67. The van der Waals surface area contributed by atoms with Crippen LogP contribution in [-0.2, 0) is 6.42 Å². The highest BCUT2D eigenvalue weighted by Gasteiger charge is 2.21. The van der Waals surface area contributed by atoms with Gasteiger partial charge in [0.2, 0.25) is 0 Å². The van der Waals surface area contributed by atoms with Crippen molar-refractivity contribution in [3.8, 4) is 0 Å². The maximum absolute atomic E-state index is 12.4. The molecule has 1 atom stereocenters. The van der Waals surface area contributed by atoms with Crippen molar-refractivity contribution in [3.63, 3.8) is 0 Å². The van der Waals surface area contributed by atoms with E-state index in [1.54, 1.807) is 0 Å². The molecule has 1 unspecified atom stereocenters. The van der Waals surface area contributed by atoms with Gasteiger partial charge >= 0.3 is 0 Å². The zero-order valence-corrected chi connectivity index (χ0v) is 12.1. The number of piperidine rings is 1. The van der Waals surface area contributed by atoms with Crippen LogP contribution in [0.2, 0.25) is 0 Å². The van der Waals surface area contributed by atoms with E-state index in [1.807, 2.05) is 12.1 Å². The zero-order valence-electron chi connectivity index (χ0n) is 12.1. The average Bonchev–Trinajstić information content (AvgIpc) is 2.48. The molecule has 1 aromatic rings. The lowest BCUT2D eigenvalue weighted by Gasteiger charge is -2.21. The molecule has 104 valence electrons. The molecule has 2 rings (SSSR count). The highest BCUT2D eigenvalue weighted by Crippen LogP contribution is 2.19. The maximum Gasteiger partial charge on any atom is 0.166 e. The molecule has 0 amide bonds. The fraction of sp³-hybridized carbons (Fsp3) is 0.588. The van der Waals surface area contributed by atoms with Gasteiger partial charge in [0.1, 0.15) is 0 Å². The summed E-state index contributed by atoms with van der Waals surface area (Å²) in [5, 5.41) is 3.31. The van der Waals surface area contributed by atoms with Gasteiger partial charge in [-0.2, -0.15) is 0 Å². The van der Waals surface area contributed by atoms with Crippen molar-refractivity contribution in [2.24, 2.45) is 11.8 Å². The summed E-state index contributed by atoms with van der Waals surface area (Å²) in [6, 6.07) is 8.28. The van der Waals surface area contributed by atoms with Gasteiger partial charge < -0.3 is 5.32 Å². The van der Waals surface area contributed by atoms with Crippen LogP contribution >= 0.6 is 0 Å². The van der Waals surface area contributed by atoms with Gasteiger partial charge in [-0.25, -0.2) is 0 Å². The summed E-state index contributed by atoms with van der Waals surface area (Å²) in [5.74, 6) is 1.27. The Morgan fingerprint density at radius 1 is 1.26 bits per heavy atom. The Morgan fingerprint density at radius 3 is 2.47 bits per heavy atom. The van der Waals surface area contributed by atoms with Gasteiger partial charge in [-0.3, -0.25) is 4.79 Å². The van der Waals surface area contributed by atoms with Crippen molar-refractivity contribution >= 4 is 5.78 Å². The third kappa shape index (κ3) is 3.90. The quantitative estimate of drug-likeness (QED) is 0.821. The summed E-state index contributed by atoms with van der Waals surface area (Å²) < 4.78 is 0. The second-order valence-corrected chi connectivity index (χ2v) is 5.80. The number of ketones is 1. The molecule has 1 aromatic carbocycles. The second kappa shape index (κ2) is 6.85.